The number of carbonyl (C=O) groups is 1. The number of imidazole rings is 1. The molecule has 1 amide bonds. The Labute approximate surface area is 195 Å². The van der Waals surface area contributed by atoms with E-state index in [1.807, 2.05) is 18.2 Å². The van der Waals surface area contributed by atoms with Gasteiger partial charge in [-0.3, -0.25) is 4.79 Å². The minimum atomic E-state index is -0.167. The first-order valence-corrected chi connectivity index (χ1v) is 10.7. The number of H-pyrrole nitrogens is 1. The van der Waals surface area contributed by atoms with E-state index in [-0.39, 0.29) is 5.91 Å². The van der Waals surface area contributed by atoms with Crippen LogP contribution < -0.4 is 14.8 Å². The van der Waals surface area contributed by atoms with Gasteiger partial charge in [0.05, 0.1) is 40.9 Å². The van der Waals surface area contributed by atoms with Gasteiger partial charge in [-0.1, -0.05) is 35.3 Å². The first-order chi connectivity index (χ1) is 15.5. The van der Waals surface area contributed by atoms with E-state index in [4.69, 9.17) is 32.7 Å². The second kappa shape index (κ2) is 9.51. The second-order valence-electron chi connectivity index (χ2n) is 7.11. The van der Waals surface area contributed by atoms with Crippen molar-refractivity contribution >= 4 is 40.1 Å². The van der Waals surface area contributed by atoms with E-state index < -0.39 is 0 Å². The summed E-state index contributed by atoms with van der Waals surface area (Å²) in [5, 5.41) is 3.96. The molecule has 0 aliphatic heterocycles. The molecule has 1 heterocycles. The second-order valence-corrected chi connectivity index (χ2v) is 7.92. The Morgan fingerprint density at radius 3 is 2.47 bits per heavy atom. The topological polar surface area (TPSA) is 76.2 Å². The predicted octanol–water partition coefficient (Wildman–Crippen LogP) is 5.53. The number of nitrogens with zero attached hydrogens (tertiary/aromatic N) is 1. The number of rotatable bonds is 7. The third-order valence-corrected chi connectivity index (χ3v) is 5.72. The number of benzene rings is 3. The molecule has 0 saturated heterocycles. The highest BCUT2D eigenvalue weighted by molar-refractivity contribution is 6.39. The number of halogens is 2. The number of methoxy groups -OCH3 is 2. The minimum absolute atomic E-state index is 0.167. The van der Waals surface area contributed by atoms with Crippen LogP contribution in [0.15, 0.2) is 54.6 Å². The third-order valence-electron chi connectivity index (χ3n) is 5.09. The molecular weight excluding hydrogens is 449 g/mol. The number of aromatic nitrogens is 2. The molecule has 0 atom stereocenters. The van der Waals surface area contributed by atoms with Gasteiger partial charge < -0.3 is 19.8 Å². The molecule has 8 heteroatoms. The molecule has 32 heavy (non-hydrogen) atoms. The number of hydrogen-bond acceptors (Lipinski definition) is 4. The van der Waals surface area contributed by atoms with Crippen LogP contribution in [-0.2, 0) is 6.42 Å². The van der Waals surface area contributed by atoms with Crippen molar-refractivity contribution in [1.29, 1.82) is 0 Å². The third kappa shape index (κ3) is 4.52. The zero-order valence-corrected chi connectivity index (χ0v) is 19.1. The van der Waals surface area contributed by atoms with Crippen molar-refractivity contribution in [2.24, 2.45) is 0 Å². The Balaban J connectivity index is 1.46. The van der Waals surface area contributed by atoms with Gasteiger partial charge in [-0.05, 0) is 54.4 Å². The molecule has 4 aromatic rings. The van der Waals surface area contributed by atoms with Crippen LogP contribution in [0, 0.1) is 0 Å². The van der Waals surface area contributed by atoms with Crippen LogP contribution >= 0.6 is 23.2 Å². The van der Waals surface area contributed by atoms with E-state index in [2.05, 4.69) is 15.3 Å². The molecule has 0 radical (unpaired) electrons. The smallest absolute Gasteiger partial charge is 0.251 e. The van der Waals surface area contributed by atoms with Crippen molar-refractivity contribution in [2.45, 2.75) is 6.42 Å². The number of nitrogens with one attached hydrogen (secondary N) is 2. The predicted molar refractivity (Wildman–Crippen MR) is 127 cm³/mol. The van der Waals surface area contributed by atoms with Crippen LogP contribution in [-0.4, -0.2) is 36.6 Å². The molecule has 0 saturated carbocycles. The Bertz CT molecular complexity index is 1270. The van der Waals surface area contributed by atoms with Gasteiger partial charge in [0.25, 0.3) is 5.91 Å². The van der Waals surface area contributed by atoms with Gasteiger partial charge in [-0.2, -0.15) is 0 Å². The first-order valence-electron chi connectivity index (χ1n) is 9.93. The molecule has 2 N–H and O–H groups in total. The Morgan fingerprint density at radius 2 is 1.75 bits per heavy atom. The van der Waals surface area contributed by atoms with Gasteiger partial charge >= 0.3 is 0 Å². The van der Waals surface area contributed by atoms with Crippen molar-refractivity contribution < 1.29 is 14.3 Å². The molecule has 0 unspecified atom stereocenters. The standard InChI is InChI=1S/C24H21Cl2N3O3/c1-31-20-9-6-14(12-21(20)32-2)10-11-27-24(30)15-7-8-18-19(13-15)29-23(28-18)22-16(25)4-3-5-17(22)26/h3-9,12-13H,10-11H2,1-2H3,(H,27,30)(H,28,29). The summed E-state index contributed by atoms with van der Waals surface area (Å²) in [4.78, 5) is 20.4. The van der Waals surface area contributed by atoms with Gasteiger partial charge in [0.1, 0.15) is 5.82 Å². The van der Waals surface area contributed by atoms with Crippen molar-refractivity contribution in [3.05, 3.63) is 75.8 Å². The highest BCUT2D eigenvalue weighted by Gasteiger charge is 2.14. The zero-order chi connectivity index (χ0) is 22.7. The maximum absolute atomic E-state index is 12.7. The summed E-state index contributed by atoms with van der Waals surface area (Å²) in [6.07, 6.45) is 0.660. The number of fused-ring (bicyclic) bond motifs is 1. The van der Waals surface area contributed by atoms with Crippen LogP contribution in [0.5, 0.6) is 11.5 Å². The lowest BCUT2D eigenvalue weighted by molar-refractivity contribution is 0.0954. The number of ether oxygens (including phenoxy) is 2. The lowest BCUT2D eigenvalue weighted by Gasteiger charge is -2.10. The van der Waals surface area contributed by atoms with Crippen LogP contribution in [0.3, 0.4) is 0 Å². The summed E-state index contributed by atoms with van der Waals surface area (Å²) in [5.41, 5.74) is 3.65. The molecule has 6 nitrogen and oxygen atoms in total. The molecule has 1 aromatic heterocycles. The number of aromatic amines is 1. The zero-order valence-electron chi connectivity index (χ0n) is 17.5. The van der Waals surface area contributed by atoms with E-state index in [0.717, 1.165) is 16.6 Å². The molecular formula is C24H21Cl2N3O3. The molecule has 0 fully saturated rings. The largest absolute Gasteiger partial charge is 0.493 e. The van der Waals surface area contributed by atoms with Crippen molar-refractivity contribution in [3.8, 4) is 22.9 Å². The highest BCUT2D eigenvalue weighted by Crippen LogP contribution is 2.34. The fourth-order valence-corrected chi connectivity index (χ4v) is 4.03. The quantitative estimate of drug-likeness (QED) is 0.373. The molecule has 4 rings (SSSR count). The molecule has 0 aliphatic rings. The number of carbonyl (C=O) groups excluding carboxylic acids is 1. The average molecular weight is 470 g/mol. The van der Waals surface area contributed by atoms with Gasteiger partial charge in [0, 0.05) is 12.1 Å². The van der Waals surface area contributed by atoms with E-state index in [9.17, 15) is 4.79 Å². The van der Waals surface area contributed by atoms with Gasteiger partial charge in [0.15, 0.2) is 11.5 Å². The van der Waals surface area contributed by atoms with Crippen molar-refractivity contribution in [3.63, 3.8) is 0 Å². The summed E-state index contributed by atoms with van der Waals surface area (Å²) in [6, 6.07) is 16.3. The lowest BCUT2D eigenvalue weighted by atomic mass is 10.1. The fourth-order valence-electron chi connectivity index (χ4n) is 3.45. The van der Waals surface area contributed by atoms with Crippen molar-refractivity contribution in [2.75, 3.05) is 20.8 Å². The summed E-state index contributed by atoms with van der Waals surface area (Å²) in [6.45, 7) is 0.482. The number of amides is 1. The Hall–Kier alpha value is -3.22. The molecule has 164 valence electrons. The first kappa shape index (κ1) is 22.0. The van der Waals surface area contributed by atoms with Gasteiger partial charge in [-0.15, -0.1) is 0 Å². The number of hydrogen-bond donors (Lipinski definition) is 2. The molecule has 0 spiro atoms. The summed E-state index contributed by atoms with van der Waals surface area (Å²) in [7, 11) is 3.19. The Morgan fingerprint density at radius 1 is 1.00 bits per heavy atom. The fraction of sp³-hybridized carbons (Fsp3) is 0.167. The molecule has 3 aromatic carbocycles. The molecule has 0 bridgehead atoms. The normalized spacial score (nSPS) is 10.9. The minimum Gasteiger partial charge on any atom is -0.493 e. The van der Waals surface area contributed by atoms with E-state index in [0.29, 0.717) is 51.5 Å². The van der Waals surface area contributed by atoms with Crippen LogP contribution in [0.25, 0.3) is 22.4 Å². The van der Waals surface area contributed by atoms with Gasteiger partial charge in [-0.25, -0.2) is 4.98 Å². The monoisotopic (exact) mass is 469 g/mol. The maximum Gasteiger partial charge on any atom is 0.251 e. The van der Waals surface area contributed by atoms with Crippen LogP contribution in [0.1, 0.15) is 15.9 Å². The average Bonchev–Trinajstić information content (AvgIpc) is 3.21. The van der Waals surface area contributed by atoms with E-state index in [1.54, 1.807) is 50.6 Å². The highest BCUT2D eigenvalue weighted by atomic mass is 35.5. The van der Waals surface area contributed by atoms with Crippen LogP contribution in [0.4, 0.5) is 0 Å². The maximum atomic E-state index is 12.7. The summed E-state index contributed by atoms with van der Waals surface area (Å²) in [5.74, 6) is 1.72. The van der Waals surface area contributed by atoms with E-state index in [1.165, 1.54) is 0 Å². The summed E-state index contributed by atoms with van der Waals surface area (Å²) < 4.78 is 10.6. The molecule has 0 aliphatic carbocycles. The van der Waals surface area contributed by atoms with E-state index >= 15 is 0 Å². The lowest BCUT2D eigenvalue weighted by Crippen LogP contribution is -2.25. The van der Waals surface area contributed by atoms with Crippen LogP contribution in [0.2, 0.25) is 10.0 Å². The van der Waals surface area contributed by atoms with Crippen molar-refractivity contribution in [1.82, 2.24) is 15.3 Å². The van der Waals surface area contributed by atoms with Gasteiger partial charge in [0.2, 0.25) is 0 Å². The summed E-state index contributed by atoms with van der Waals surface area (Å²) >= 11 is 12.6. The Kier molecular flexibility index (Phi) is 6.53. The SMILES string of the molecule is COc1ccc(CCNC(=O)c2ccc3nc(-c4c(Cl)cccc4Cl)[nH]c3c2)cc1OC.